The quantitative estimate of drug-likeness (QED) is 0.918. The van der Waals surface area contributed by atoms with Gasteiger partial charge in [0.05, 0.1) is 11.1 Å². The standard InChI is InChI=1S/C12H17BrFNO/c1-7(2)6-16-12-9(8(3)15)4-5-10(13)11(12)14/h4-5,7-8H,6,15H2,1-3H3. The minimum absolute atomic E-state index is 0.246. The Balaban J connectivity index is 3.06. The molecule has 0 fully saturated rings. The fourth-order valence-corrected chi connectivity index (χ4v) is 1.61. The summed E-state index contributed by atoms with van der Waals surface area (Å²) >= 11 is 3.14. The molecule has 4 heteroatoms. The zero-order valence-corrected chi connectivity index (χ0v) is 11.3. The highest BCUT2D eigenvalue weighted by Gasteiger charge is 2.16. The monoisotopic (exact) mass is 289 g/mol. The van der Waals surface area contributed by atoms with Crippen molar-refractivity contribution in [2.75, 3.05) is 6.61 Å². The van der Waals surface area contributed by atoms with Crippen LogP contribution in [0.4, 0.5) is 4.39 Å². The van der Waals surface area contributed by atoms with Gasteiger partial charge in [-0.3, -0.25) is 0 Å². The topological polar surface area (TPSA) is 35.2 Å². The molecule has 0 aliphatic carbocycles. The molecule has 0 amide bonds. The summed E-state index contributed by atoms with van der Waals surface area (Å²) in [5.41, 5.74) is 6.47. The predicted octanol–water partition coefficient (Wildman–Crippen LogP) is 3.64. The Kier molecular flexibility index (Phi) is 4.74. The number of halogens is 2. The maximum Gasteiger partial charge on any atom is 0.179 e. The van der Waals surface area contributed by atoms with E-state index in [-0.39, 0.29) is 17.6 Å². The number of hydrogen-bond donors (Lipinski definition) is 1. The van der Waals surface area contributed by atoms with E-state index in [2.05, 4.69) is 15.9 Å². The SMILES string of the molecule is CC(C)COc1c(C(C)N)ccc(Br)c1F. The van der Waals surface area contributed by atoms with E-state index < -0.39 is 0 Å². The van der Waals surface area contributed by atoms with Gasteiger partial charge in [-0.15, -0.1) is 0 Å². The Morgan fingerprint density at radius 3 is 2.50 bits per heavy atom. The van der Waals surface area contributed by atoms with Crippen molar-refractivity contribution < 1.29 is 9.13 Å². The van der Waals surface area contributed by atoms with Crippen LogP contribution in [0.3, 0.4) is 0 Å². The summed E-state index contributed by atoms with van der Waals surface area (Å²) in [6, 6.07) is 3.19. The van der Waals surface area contributed by atoms with Gasteiger partial charge in [0.15, 0.2) is 11.6 Å². The first-order valence-electron chi connectivity index (χ1n) is 5.29. The molecule has 16 heavy (non-hydrogen) atoms. The molecule has 0 aliphatic rings. The van der Waals surface area contributed by atoms with Crippen molar-refractivity contribution >= 4 is 15.9 Å². The van der Waals surface area contributed by atoms with Crippen LogP contribution in [-0.2, 0) is 0 Å². The lowest BCUT2D eigenvalue weighted by molar-refractivity contribution is 0.255. The number of benzene rings is 1. The maximum atomic E-state index is 13.8. The lowest BCUT2D eigenvalue weighted by atomic mass is 10.1. The Morgan fingerprint density at radius 1 is 1.38 bits per heavy atom. The van der Waals surface area contributed by atoms with Crippen molar-refractivity contribution in [3.05, 3.63) is 28.0 Å². The molecule has 2 N–H and O–H groups in total. The lowest BCUT2D eigenvalue weighted by Crippen LogP contribution is -2.12. The van der Waals surface area contributed by atoms with Gasteiger partial charge in [0.1, 0.15) is 0 Å². The highest BCUT2D eigenvalue weighted by molar-refractivity contribution is 9.10. The molecule has 0 radical (unpaired) electrons. The van der Waals surface area contributed by atoms with Crippen molar-refractivity contribution in [2.45, 2.75) is 26.8 Å². The summed E-state index contributed by atoms with van der Waals surface area (Å²) < 4.78 is 19.7. The molecule has 90 valence electrons. The minimum Gasteiger partial charge on any atom is -0.490 e. The molecule has 0 spiro atoms. The third-order valence-electron chi connectivity index (χ3n) is 2.13. The van der Waals surface area contributed by atoms with Crippen molar-refractivity contribution in [3.8, 4) is 5.75 Å². The summed E-state index contributed by atoms with van der Waals surface area (Å²) in [7, 11) is 0. The summed E-state index contributed by atoms with van der Waals surface area (Å²) in [6.45, 7) is 6.32. The van der Waals surface area contributed by atoms with Crippen LogP contribution in [0, 0.1) is 11.7 Å². The average molecular weight is 290 g/mol. The van der Waals surface area contributed by atoms with E-state index >= 15 is 0 Å². The van der Waals surface area contributed by atoms with Crippen molar-refractivity contribution in [3.63, 3.8) is 0 Å². The fraction of sp³-hybridized carbons (Fsp3) is 0.500. The Morgan fingerprint density at radius 2 is 2.00 bits per heavy atom. The van der Waals surface area contributed by atoms with Crippen LogP contribution in [0.2, 0.25) is 0 Å². The third kappa shape index (κ3) is 3.19. The van der Waals surface area contributed by atoms with E-state index in [4.69, 9.17) is 10.5 Å². The average Bonchev–Trinajstić information content (AvgIpc) is 2.19. The van der Waals surface area contributed by atoms with Crippen LogP contribution in [0.5, 0.6) is 5.75 Å². The summed E-state index contributed by atoms with van der Waals surface area (Å²) in [4.78, 5) is 0. The molecule has 0 saturated carbocycles. The van der Waals surface area contributed by atoms with Crippen molar-refractivity contribution in [1.82, 2.24) is 0 Å². The molecule has 2 nitrogen and oxygen atoms in total. The molecule has 0 aliphatic heterocycles. The van der Waals surface area contributed by atoms with Crippen LogP contribution in [0.15, 0.2) is 16.6 Å². The minimum atomic E-state index is -0.379. The van der Waals surface area contributed by atoms with Gasteiger partial charge in [-0.25, -0.2) is 4.39 Å². The van der Waals surface area contributed by atoms with Crippen LogP contribution in [-0.4, -0.2) is 6.61 Å². The predicted molar refractivity (Wildman–Crippen MR) is 67.0 cm³/mol. The second-order valence-electron chi connectivity index (χ2n) is 4.27. The molecule has 0 aromatic heterocycles. The highest BCUT2D eigenvalue weighted by Crippen LogP contribution is 2.32. The van der Waals surface area contributed by atoms with Gasteiger partial charge < -0.3 is 10.5 Å². The second kappa shape index (κ2) is 5.64. The third-order valence-corrected chi connectivity index (χ3v) is 2.74. The van der Waals surface area contributed by atoms with Gasteiger partial charge in [-0.2, -0.15) is 0 Å². The summed E-state index contributed by atoms with van der Waals surface area (Å²) in [5.74, 6) is 0.229. The van der Waals surface area contributed by atoms with Crippen molar-refractivity contribution in [2.24, 2.45) is 11.7 Å². The normalized spacial score (nSPS) is 12.9. The smallest absolute Gasteiger partial charge is 0.179 e. The van der Waals surface area contributed by atoms with Crippen LogP contribution < -0.4 is 10.5 Å². The molecular weight excluding hydrogens is 273 g/mol. The first-order valence-corrected chi connectivity index (χ1v) is 6.09. The van der Waals surface area contributed by atoms with E-state index in [1.165, 1.54) is 0 Å². The Labute approximate surface area is 104 Å². The van der Waals surface area contributed by atoms with Crippen LogP contribution in [0.1, 0.15) is 32.4 Å². The Bertz CT molecular complexity index is 366. The van der Waals surface area contributed by atoms with E-state index in [9.17, 15) is 4.39 Å². The molecule has 0 heterocycles. The zero-order chi connectivity index (χ0) is 12.3. The number of ether oxygens (including phenoxy) is 1. The largest absolute Gasteiger partial charge is 0.490 e. The van der Waals surface area contributed by atoms with Gasteiger partial charge in [-0.05, 0) is 34.8 Å². The molecule has 1 aromatic rings. The molecule has 0 bridgehead atoms. The number of hydrogen-bond acceptors (Lipinski definition) is 2. The molecule has 1 aromatic carbocycles. The van der Waals surface area contributed by atoms with Gasteiger partial charge >= 0.3 is 0 Å². The van der Waals surface area contributed by atoms with Crippen LogP contribution in [0.25, 0.3) is 0 Å². The van der Waals surface area contributed by atoms with Gasteiger partial charge in [0.25, 0.3) is 0 Å². The molecular formula is C12H17BrFNO. The molecule has 1 rings (SSSR count). The van der Waals surface area contributed by atoms with Gasteiger partial charge in [0, 0.05) is 11.6 Å². The zero-order valence-electron chi connectivity index (χ0n) is 9.76. The number of nitrogens with two attached hydrogens (primary N) is 1. The Hall–Kier alpha value is -0.610. The van der Waals surface area contributed by atoms with E-state index in [0.29, 0.717) is 22.6 Å². The van der Waals surface area contributed by atoms with E-state index in [1.54, 1.807) is 12.1 Å². The molecule has 1 atom stereocenters. The highest BCUT2D eigenvalue weighted by atomic mass is 79.9. The lowest BCUT2D eigenvalue weighted by Gasteiger charge is -2.16. The van der Waals surface area contributed by atoms with Gasteiger partial charge in [-0.1, -0.05) is 19.9 Å². The van der Waals surface area contributed by atoms with Crippen molar-refractivity contribution in [1.29, 1.82) is 0 Å². The van der Waals surface area contributed by atoms with E-state index in [0.717, 1.165) is 0 Å². The number of rotatable bonds is 4. The summed E-state index contributed by atoms with van der Waals surface area (Å²) in [6.07, 6.45) is 0. The second-order valence-corrected chi connectivity index (χ2v) is 5.13. The van der Waals surface area contributed by atoms with Crippen LogP contribution >= 0.6 is 15.9 Å². The van der Waals surface area contributed by atoms with E-state index in [1.807, 2.05) is 20.8 Å². The molecule has 1 unspecified atom stereocenters. The first kappa shape index (κ1) is 13.5. The first-order chi connectivity index (χ1) is 7.43. The molecule has 0 saturated heterocycles. The van der Waals surface area contributed by atoms with Gasteiger partial charge in [0.2, 0.25) is 0 Å². The maximum absolute atomic E-state index is 13.8. The fourth-order valence-electron chi connectivity index (χ4n) is 1.30. The summed E-state index contributed by atoms with van der Waals surface area (Å²) in [5, 5.41) is 0.